The number of aromatic nitrogens is 5. The van der Waals surface area contributed by atoms with Crippen molar-refractivity contribution in [2.24, 2.45) is 0 Å². The number of nitrogens with one attached hydrogen (secondary N) is 1. The maximum absolute atomic E-state index is 14.7. The maximum Gasteiger partial charge on any atom is 0.411 e. The number of H-pyrrole nitrogens is 1. The highest BCUT2D eigenvalue weighted by molar-refractivity contribution is 7.90. The number of ether oxygens (including phenoxy) is 1. The molecular formula is C24H19FN6O7S2. The molecule has 0 bridgehead atoms. The van der Waals surface area contributed by atoms with E-state index < -0.39 is 49.2 Å². The van der Waals surface area contributed by atoms with Crippen LogP contribution in [-0.2, 0) is 32.0 Å². The zero-order valence-electron chi connectivity index (χ0n) is 20.5. The molecule has 0 saturated heterocycles. The zero-order chi connectivity index (χ0) is 28.6. The van der Waals surface area contributed by atoms with E-state index in [4.69, 9.17) is 4.74 Å². The van der Waals surface area contributed by atoms with Crippen LogP contribution in [0.2, 0.25) is 0 Å². The van der Waals surface area contributed by atoms with Crippen molar-refractivity contribution in [3.8, 4) is 11.8 Å². The molecule has 13 nitrogen and oxygen atoms in total. The molecule has 0 aliphatic heterocycles. The molecule has 0 atom stereocenters. The lowest BCUT2D eigenvalue weighted by molar-refractivity contribution is 0.203. The number of carboxylic acid groups (broad SMARTS) is 1. The van der Waals surface area contributed by atoms with Crippen LogP contribution in [0.3, 0.4) is 0 Å². The first-order valence-electron chi connectivity index (χ1n) is 11.4. The summed E-state index contributed by atoms with van der Waals surface area (Å²) in [5.74, 6) is -1.62. The Morgan fingerprint density at radius 3 is 2.48 bits per heavy atom. The first kappa shape index (κ1) is 26.9. The molecule has 0 spiro atoms. The van der Waals surface area contributed by atoms with Crippen LogP contribution in [0.5, 0.6) is 11.8 Å². The third-order valence-corrected chi connectivity index (χ3v) is 7.89. The predicted octanol–water partition coefficient (Wildman–Crippen LogP) is 3.03. The highest BCUT2D eigenvalue weighted by atomic mass is 32.2. The van der Waals surface area contributed by atoms with Crippen molar-refractivity contribution >= 4 is 54.3 Å². The molecule has 206 valence electrons. The average Bonchev–Trinajstić information content (AvgIpc) is 3.26. The molecule has 2 N–H and O–H groups in total. The fraction of sp³-hybridized carbons (Fsp3) is 0.125. The normalized spacial score (nSPS) is 11.8. The Kier molecular flexibility index (Phi) is 7.03. The van der Waals surface area contributed by atoms with Crippen molar-refractivity contribution in [3.63, 3.8) is 0 Å². The second kappa shape index (κ2) is 10.5. The van der Waals surface area contributed by atoms with Gasteiger partial charge in [0.05, 0.1) is 34.7 Å². The number of benzene rings is 2. The van der Waals surface area contributed by atoms with Crippen molar-refractivity contribution in [2.45, 2.75) is 16.5 Å². The van der Waals surface area contributed by atoms with Crippen LogP contribution in [0, 0.1) is 5.82 Å². The predicted molar refractivity (Wildman–Crippen MR) is 141 cm³/mol. The summed E-state index contributed by atoms with van der Waals surface area (Å²) in [7, 11) is -5.74. The molecule has 16 heteroatoms. The van der Waals surface area contributed by atoms with Crippen molar-refractivity contribution in [1.29, 1.82) is 0 Å². The van der Waals surface area contributed by atoms with E-state index in [0.717, 1.165) is 17.0 Å². The highest BCUT2D eigenvalue weighted by Gasteiger charge is 2.28. The van der Waals surface area contributed by atoms with Gasteiger partial charge in [0.1, 0.15) is 33.7 Å². The van der Waals surface area contributed by atoms with Gasteiger partial charge < -0.3 is 14.8 Å². The summed E-state index contributed by atoms with van der Waals surface area (Å²) in [5.41, 5.74) is 0.450. The second-order valence-electron chi connectivity index (χ2n) is 8.52. The van der Waals surface area contributed by atoms with E-state index >= 15 is 0 Å². The van der Waals surface area contributed by atoms with Crippen LogP contribution >= 0.6 is 0 Å². The number of rotatable bonds is 8. The van der Waals surface area contributed by atoms with Crippen molar-refractivity contribution < 1.29 is 35.9 Å². The molecule has 0 unspecified atom stereocenters. The third-order valence-electron chi connectivity index (χ3n) is 5.75. The Labute approximate surface area is 227 Å². The minimum absolute atomic E-state index is 0.0101. The molecular weight excluding hydrogens is 567 g/mol. The minimum atomic E-state index is -4.20. The number of hydrogen-bond donors (Lipinski definition) is 3. The summed E-state index contributed by atoms with van der Waals surface area (Å²) in [6, 6.07) is 9.96. The number of hydrogen-bond acceptors (Lipinski definition) is 10. The van der Waals surface area contributed by atoms with E-state index in [-0.39, 0.29) is 45.0 Å². The van der Waals surface area contributed by atoms with Gasteiger partial charge in [-0.1, -0.05) is 30.3 Å². The summed E-state index contributed by atoms with van der Waals surface area (Å²) in [6.45, 7) is 0. The molecule has 0 saturated carbocycles. The number of sulfone groups is 1. The van der Waals surface area contributed by atoms with Gasteiger partial charge in [0.25, 0.3) is 0 Å². The molecule has 0 aliphatic rings. The Bertz CT molecular complexity index is 1940. The minimum Gasteiger partial charge on any atom is -0.465 e. The Hall–Kier alpha value is -4.70. The smallest absolute Gasteiger partial charge is 0.411 e. The van der Waals surface area contributed by atoms with E-state index in [2.05, 4.69) is 24.9 Å². The molecule has 0 aliphatic carbocycles. The van der Waals surface area contributed by atoms with Crippen molar-refractivity contribution in [1.82, 2.24) is 24.9 Å². The molecule has 0 fully saturated rings. The average molecular weight is 587 g/mol. The van der Waals surface area contributed by atoms with Gasteiger partial charge in [0.15, 0.2) is 10.8 Å². The molecule has 40 heavy (non-hydrogen) atoms. The summed E-state index contributed by atoms with van der Waals surface area (Å²) < 4.78 is 69.5. The number of nitrogens with zero attached hydrogens (tertiary/aromatic N) is 5. The van der Waals surface area contributed by atoms with Gasteiger partial charge in [-0.15, -0.1) is 0 Å². The standard InChI is InChI=1S/C24H19FN6O7S2/c1-31(24(32)33)17-8-14(25)7-16-19-21(28-20(16)17)29-23(38-15-9-26-18(27-10-15)11-39(34)35)30-22(19)40(36,37)12-13-5-3-2-4-6-13/h2-10,39H,11-12H2,1H3,(H,32,33)(H,28,29,30). The van der Waals surface area contributed by atoms with Crippen LogP contribution in [-0.4, -0.2) is 60.0 Å². The molecule has 2 aromatic carbocycles. The lowest BCUT2D eigenvalue weighted by Crippen LogP contribution is -2.24. The number of amides is 1. The Morgan fingerprint density at radius 1 is 1.12 bits per heavy atom. The van der Waals surface area contributed by atoms with Gasteiger partial charge in [-0.3, -0.25) is 4.90 Å². The van der Waals surface area contributed by atoms with Crippen LogP contribution < -0.4 is 9.64 Å². The zero-order valence-corrected chi connectivity index (χ0v) is 22.2. The maximum atomic E-state index is 14.7. The number of aromatic amines is 1. The molecule has 3 heterocycles. The van der Waals surface area contributed by atoms with Crippen LogP contribution in [0.25, 0.3) is 21.9 Å². The Morgan fingerprint density at radius 2 is 1.82 bits per heavy atom. The summed E-state index contributed by atoms with van der Waals surface area (Å²) in [4.78, 5) is 31.5. The quantitative estimate of drug-likeness (QED) is 0.179. The topological polar surface area (TPSA) is 185 Å². The third kappa shape index (κ3) is 5.39. The molecule has 3 aromatic heterocycles. The molecule has 5 aromatic rings. The summed E-state index contributed by atoms with van der Waals surface area (Å²) in [6.07, 6.45) is 0.975. The van der Waals surface area contributed by atoms with Crippen LogP contribution in [0.15, 0.2) is 59.9 Å². The summed E-state index contributed by atoms with van der Waals surface area (Å²) in [5, 5.41) is 9.01. The van der Waals surface area contributed by atoms with Gasteiger partial charge in [-0.25, -0.2) is 36.0 Å². The first-order chi connectivity index (χ1) is 19.0. The number of halogens is 1. The SMILES string of the molecule is CN(C(=O)O)c1cc(F)cc2c1[nH]c1nc(Oc3cnc(C[SH](=O)=O)nc3)nc(S(=O)(=O)Cc3ccccc3)c12. The largest absolute Gasteiger partial charge is 0.465 e. The number of thiol groups is 1. The molecule has 5 rings (SSSR count). The van der Waals surface area contributed by atoms with E-state index in [9.17, 15) is 31.1 Å². The van der Waals surface area contributed by atoms with Gasteiger partial charge >= 0.3 is 12.1 Å². The van der Waals surface area contributed by atoms with Gasteiger partial charge in [-0.2, -0.15) is 9.97 Å². The number of carbonyl (C=O) groups is 1. The van der Waals surface area contributed by atoms with E-state index in [1.54, 1.807) is 30.3 Å². The molecule has 0 radical (unpaired) electrons. The van der Waals surface area contributed by atoms with Gasteiger partial charge in [0.2, 0.25) is 9.84 Å². The lowest BCUT2D eigenvalue weighted by Gasteiger charge is -2.14. The number of anilines is 1. The summed E-state index contributed by atoms with van der Waals surface area (Å²) >= 11 is 0. The lowest BCUT2D eigenvalue weighted by atomic mass is 10.1. The Balaban J connectivity index is 1.71. The second-order valence-corrected chi connectivity index (χ2v) is 11.4. The monoisotopic (exact) mass is 586 g/mol. The van der Waals surface area contributed by atoms with Crippen LogP contribution in [0.1, 0.15) is 11.4 Å². The first-order valence-corrected chi connectivity index (χ1v) is 14.4. The fourth-order valence-corrected chi connectivity index (χ4v) is 5.89. The van der Waals surface area contributed by atoms with Crippen LogP contribution in [0.4, 0.5) is 14.9 Å². The number of fused-ring (bicyclic) bond motifs is 3. The van der Waals surface area contributed by atoms with Crippen molar-refractivity contribution in [3.05, 3.63) is 72.1 Å². The molecule has 1 amide bonds. The van der Waals surface area contributed by atoms with E-state index in [1.807, 2.05) is 0 Å². The highest BCUT2D eigenvalue weighted by Crippen LogP contribution is 2.37. The fourth-order valence-electron chi connectivity index (χ4n) is 3.99. The van der Waals surface area contributed by atoms with E-state index in [1.165, 1.54) is 19.4 Å². The van der Waals surface area contributed by atoms with E-state index in [0.29, 0.717) is 5.56 Å². The van der Waals surface area contributed by atoms with Gasteiger partial charge in [0, 0.05) is 12.4 Å². The van der Waals surface area contributed by atoms with Crippen molar-refractivity contribution in [2.75, 3.05) is 11.9 Å². The van der Waals surface area contributed by atoms with Gasteiger partial charge in [-0.05, 0) is 17.7 Å².